The topological polar surface area (TPSA) is 98.5 Å². The molecule has 0 spiro atoms. The summed E-state index contributed by atoms with van der Waals surface area (Å²) >= 11 is 12.2. The van der Waals surface area contributed by atoms with E-state index in [-0.39, 0.29) is 17.5 Å². The van der Waals surface area contributed by atoms with Crippen molar-refractivity contribution in [1.29, 1.82) is 0 Å². The Balaban J connectivity index is 2.21. The summed E-state index contributed by atoms with van der Waals surface area (Å²) in [5.74, 6) is -1.88. The normalized spacial score (nSPS) is 11.5. The van der Waals surface area contributed by atoms with Crippen LogP contribution >= 0.6 is 23.2 Å². The molecule has 0 fully saturated rings. The summed E-state index contributed by atoms with van der Waals surface area (Å²) in [7, 11) is 1.24. The lowest BCUT2D eigenvalue weighted by Gasteiger charge is -2.17. The van der Waals surface area contributed by atoms with Gasteiger partial charge in [-0.05, 0) is 35.9 Å². The largest absolute Gasteiger partial charge is 0.465 e. The Morgan fingerprint density at radius 3 is 2.23 bits per heavy atom. The van der Waals surface area contributed by atoms with Crippen LogP contribution in [0.5, 0.6) is 0 Å². The van der Waals surface area contributed by atoms with Gasteiger partial charge < -0.3 is 15.8 Å². The number of carbonyl (C=O) groups is 3. The van der Waals surface area contributed by atoms with Gasteiger partial charge in [0.05, 0.1) is 12.7 Å². The highest BCUT2D eigenvalue weighted by molar-refractivity contribution is 6.36. The number of esters is 1. The molecule has 0 aliphatic rings. The maximum atomic E-state index is 12.4. The first-order valence-corrected chi connectivity index (χ1v) is 8.30. The zero-order chi connectivity index (χ0) is 19.3. The van der Waals surface area contributed by atoms with Crippen molar-refractivity contribution in [3.05, 3.63) is 69.2 Å². The number of primary amides is 1. The zero-order valence-electron chi connectivity index (χ0n) is 13.8. The molecule has 26 heavy (non-hydrogen) atoms. The SMILES string of the molecule is COC(=O)c1cccc(C(=O)N[C@@H](Cc2c(Cl)cccc2Cl)C(N)=O)c1. The molecule has 0 radical (unpaired) electrons. The number of hydrogen-bond acceptors (Lipinski definition) is 4. The highest BCUT2D eigenvalue weighted by atomic mass is 35.5. The minimum atomic E-state index is -1.03. The van der Waals surface area contributed by atoms with E-state index in [0.717, 1.165) is 0 Å². The van der Waals surface area contributed by atoms with Crippen LogP contribution < -0.4 is 11.1 Å². The average Bonchev–Trinajstić information content (AvgIpc) is 2.62. The lowest BCUT2D eigenvalue weighted by molar-refractivity contribution is -0.119. The fourth-order valence-corrected chi connectivity index (χ4v) is 2.85. The first-order chi connectivity index (χ1) is 12.3. The standard InChI is InChI=1S/C18H16Cl2N2O4/c1-26-18(25)11-5-2-4-10(8-11)17(24)22-15(16(21)23)9-12-13(19)6-3-7-14(12)20/h2-8,15H,9H2,1H3,(H2,21,23)(H,22,24)/t15-/m0/s1. The van der Waals surface area contributed by atoms with Crippen LogP contribution in [0.1, 0.15) is 26.3 Å². The third-order valence-electron chi connectivity index (χ3n) is 3.66. The molecule has 0 aliphatic carbocycles. The highest BCUT2D eigenvalue weighted by Crippen LogP contribution is 2.25. The van der Waals surface area contributed by atoms with Gasteiger partial charge in [-0.2, -0.15) is 0 Å². The van der Waals surface area contributed by atoms with E-state index in [9.17, 15) is 14.4 Å². The fourth-order valence-electron chi connectivity index (χ4n) is 2.30. The molecule has 0 bridgehead atoms. The first-order valence-electron chi connectivity index (χ1n) is 7.55. The number of ether oxygens (including phenoxy) is 1. The molecule has 2 aromatic rings. The van der Waals surface area contributed by atoms with Crippen molar-refractivity contribution >= 4 is 41.0 Å². The van der Waals surface area contributed by atoms with Crippen molar-refractivity contribution < 1.29 is 19.1 Å². The van der Waals surface area contributed by atoms with Crippen LogP contribution in [0.25, 0.3) is 0 Å². The minimum absolute atomic E-state index is 0.0380. The lowest BCUT2D eigenvalue weighted by Crippen LogP contribution is -2.46. The predicted molar refractivity (Wildman–Crippen MR) is 98.4 cm³/mol. The summed E-state index contributed by atoms with van der Waals surface area (Å²) in [6.45, 7) is 0. The molecule has 0 heterocycles. The Hall–Kier alpha value is -2.57. The molecule has 136 valence electrons. The summed E-state index contributed by atoms with van der Waals surface area (Å²) in [5.41, 5.74) is 6.30. The maximum absolute atomic E-state index is 12.4. The molecule has 0 saturated heterocycles. The van der Waals surface area contributed by atoms with Gasteiger partial charge in [0.2, 0.25) is 5.91 Å². The van der Waals surface area contributed by atoms with Gasteiger partial charge in [-0.15, -0.1) is 0 Å². The predicted octanol–water partition coefficient (Wildman–Crippen LogP) is 2.61. The van der Waals surface area contributed by atoms with Crippen molar-refractivity contribution in [1.82, 2.24) is 5.32 Å². The van der Waals surface area contributed by atoms with Crippen molar-refractivity contribution in [3.63, 3.8) is 0 Å². The first kappa shape index (κ1) is 19.8. The van der Waals surface area contributed by atoms with Gasteiger partial charge >= 0.3 is 5.97 Å². The van der Waals surface area contributed by atoms with Crippen molar-refractivity contribution in [2.75, 3.05) is 7.11 Å². The van der Waals surface area contributed by atoms with E-state index < -0.39 is 23.8 Å². The van der Waals surface area contributed by atoms with Crippen LogP contribution in [0, 0.1) is 0 Å². The molecule has 1 atom stereocenters. The second-order valence-electron chi connectivity index (χ2n) is 5.41. The number of nitrogens with two attached hydrogens (primary N) is 1. The van der Waals surface area contributed by atoms with Crippen LogP contribution in [-0.2, 0) is 16.0 Å². The van der Waals surface area contributed by atoms with Gasteiger partial charge in [0.25, 0.3) is 5.91 Å². The van der Waals surface area contributed by atoms with Crippen LogP contribution in [0.3, 0.4) is 0 Å². The second-order valence-corrected chi connectivity index (χ2v) is 6.22. The molecule has 2 rings (SSSR count). The van der Waals surface area contributed by atoms with Gasteiger partial charge in [0, 0.05) is 22.0 Å². The van der Waals surface area contributed by atoms with Crippen molar-refractivity contribution in [2.45, 2.75) is 12.5 Å². The van der Waals surface area contributed by atoms with Gasteiger partial charge in [-0.25, -0.2) is 4.79 Å². The summed E-state index contributed by atoms with van der Waals surface area (Å²) in [6.07, 6.45) is 0.0380. The maximum Gasteiger partial charge on any atom is 0.337 e. The van der Waals surface area contributed by atoms with Crippen LogP contribution in [-0.4, -0.2) is 30.9 Å². The van der Waals surface area contributed by atoms with E-state index >= 15 is 0 Å². The lowest BCUT2D eigenvalue weighted by atomic mass is 10.0. The Labute approximate surface area is 160 Å². The number of hydrogen-bond donors (Lipinski definition) is 2. The number of carbonyl (C=O) groups excluding carboxylic acids is 3. The molecular formula is C18H16Cl2N2O4. The highest BCUT2D eigenvalue weighted by Gasteiger charge is 2.22. The summed E-state index contributed by atoms with van der Waals surface area (Å²) in [5, 5.41) is 3.27. The molecule has 3 N–H and O–H groups in total. The Morgan fingerprint density at radius 2 is 1.65 bits per heavy atom. The number of benzene rings is 2. The van der Waals surface area contributed by atoms with Crippen molar-refractivity contribution in [2.24, 2.45) is 5.73 Å². The van der Waals surface area contributed by atoms with Gasteiger partial charge in [-0.3, -0.25) is 9.59 Å². The third-order valence-corrected chi connectivity index (χ3v) is 4.37. The number of amides is 2. The molecule has 8 heteroatoms. The van der Waals surface area contributed by atoms with E-state index in [2.05, 4.69) is 10.1 Å². The zero-order valence-corrected chi connectivity index (χ0v) is 15.3. The molecule has 0 aromatic heterocycles. The fraction of sp³-hybridized carbons (Fsp3) is 0.167. The molecular weight excluding hydrogens is 379 g/mol. The van der Waals surface area contributed by atoms with Gasteiger partial charge in [0.1, 0.15) is 6.04 Å². The van der Waals surface area contributed by atoms with E-state index in [1.165, 1.54) is 31.4 Å². The number of methoxy groups -OCH3 is 1. The molecule has 0 unspecified atom stereocenters. The summed E-state index contributed by atoms with van der Waals surface area (Å²) in [6, 6.07) is 9.81. The minimum Gasteiger partial charge on any atom is -0.465 e. The van der Waals surface area contributed by atoms with E-state index in [0.29, 0.717) is 15.6 Å². The quantitative estimate of drug-likeness (QED) is 0.735. The summed E-state index contributed by atoms with van der Waals surface area (Å²) < 4.78 is 4.62. The molecule has 2 amide bonds. The van der Waals surface area contributed by atoms with Gasteiger partial charge in [0.15, 0.2) is 0 Å². The number of rotatable bonds is 6. The van der Waals surface area contributed by atoms with Crippen LogP contribution in [0.15, 0.2) is 42.5 Å². The number of halogens is 2. The number of nitrogens with one attached hydrogen (secondary N) is 1. The van der Waals surface area contributed by atoms with Crippen LogP contribution in [0.2, 0.25) is 10.0 Å². The van der Waals surface area contributed by atoms with E-state index in [1.54, 1.807) is 18.2 Å². The monoisotopic (exact) mass is 394 g/mol. The molecule has 0 aliphatic heterocycles. The van der Waals surface area contributed by atoms with E-state index in [4.69, 9.17) is 28.9 Å². The molecule has 2 aromatic carbocycles. The molecule has 6 nitrogen and oxygen atoms in total. The average molecular weight is 395 g/mol. The Kier molecular flexibility index (Phi) is 6.60. The Morgan fingerprint density at radius 1 is 1.08 bits per heavy atom. The second kappa shape index (κ2) is 8.69. The molecule has 0 saturated carbocycles. The van der Waals surface area contributed by atoms with Gasteiger partial charge in [-0.1, -0.05) is 35.3 Å². The Bertz CT molecular complexity index is 835. The van der Waals surface area contributed by atoms with Crippen molar-refractivity contribution in [3.8, 4) is 0 Å². The van der Waals surface area contributed by atoms with Crippen LogP contribution in [0.4, 0.5) is 0 Å². The smallest absolute Gasteiger partial charge is 0.337 e. The third kappa shape index (κ3) is 4.74. The summed E-state index contributed by atoms with van der Waals surface area (Å²) in [4.78, 5) is 35.8. The van der Waals surface area contributed by atoms with E-state index in [1.807, 2.05) is 0 Å².